The smallest absolute Gasteiger partial charge is 0.336 e. The first kappa shape index (κ1) is 28.0. The summed E-state index contributed by atoms with van der Waals surface area (Å²) in [5.41, 5.74) is 3.53. The van der Waals surface area contributed by atoms with E-state index < -0.39 is 29.7 Å². The van der Waals surface area contributed by atoms with Gasteiger partial charge in [0.15, 0.2) is 5.78 Å². The maximum Gasteiger partial charge on any atom is 0.336 e. The van der Waals surface area contributed by atoms with E-state index >= 15 is 0 Å². The number of esters is 2. The number of rotatable bonds is 9. The fourth-order valence-electron chi connectivity index (χ4n) is 5.46. The van der Waals surface area contributed by atoms with Gasteiger partial charge >= 0.3 is 11.9 Å². The minimum atomic E-state index is -1.08. The van der Waals surface area contributed by atoms with Crippen molar-refractivity contribution in [1.29, 1.82) is 0 Å². The van der Waals surface area contributed by atoms with Crippen molar-refractivity contribution in [3.05, 3.63) is 82.2 Å². The zero-order chi connectivity index (χ0) is 28.1. The van der Waals surface area contributed by atoms with Crippen LogP contribution in [0.15, 0.2) is 71.1 Å². The van der Waals surface area contributed by atoms with E-state index in [0.29, 0.717) is 47.1 Å². The summed E-state index contributed by atoms with van der Waals surface area (Å²) in [5.74, 6) is -2.43. The number of ketones is 1. The topological polar surface area (TPSA) is 100 Å². The molecule has 0 radical (unpaired) electrons. The van der Waals surface area contributed by atoms with Gasteiger partial charge in [-0.15, -0.1) is 0 Å². The Morgan fingerprint density at radius 1 is 0.923 bits per heavy atom. The molecule has 4 rings (SSSR count). The monoisotopic (exact) mass is 533 g/mol. The molecule has 0 fully saturated rings. The highest BCUT2D eigenvalue weighted by molar-refractivity contribution is 6.13. The molecule has 0 saturated carbocycles. The van der Waals surface area contributed by atoms with Gasteiger partial charge in [0.2, 0.25) is 0 Å². The fraction of sp³-hybridized carbons (Fsp3) is 0.387. The molecular formula is C31H35NO7. The van der Waals surface area contributed by atoms with E-state index in [1.807, 2.05) is 55.5 Å². The Balaban J connectivity index is 1.88. The zero-order valence-corrected chi connectivity index (χ0v) is 23.0. The van der Waals surface area contributed by atoms with Crippen LogP contribution in [-0.2, 0) is 23.9 Å². The first-order chi connectivity index (χ1) is 18.8. The molecule has 0 spiro atoms. The van der Waals surface area contributed by atoms with E-state index in [2.05, 4.69) is 5.32 Å². The van der Waals surface area contributed by atoms with Crippen LogP contribution in [-0.4, -0.2) is 44.7 Å². The van der Waals surface area contributed by atoms with Gasteiger partial charge in [0.25, 0.3) is 0 Å². The summed E-state index contributed by atoms with van der Waals surface area (Å²) < 4.78 is 21.8. The molecule has 206 valence electrons. The van der Waals surface area contributed by atoms with Crippen LogP contribution in [0.2, 0.25) is 0 Å². The van der Waals surface area contributed by atoms with E-state index in [1.54, 1.807) is 27.9 Å². The third-order valence-electron chi connectivity index (χ3n) is 7.10. The number of carbonyl (C=O) groups excluding carboxylic acids is 3. The first-order valence-electron chi connectivity index (χ1n) is 13.3. The van der Waals surface area contributed by atoms with E-state index in [4.69, 9.17) is 18.9 Å². The van der Waals surface area contributed by atoms with Crippen molar-refractivity contribution in [1.82, 2.24) is 5.32 Å². The molecule has 2 aliphatic rings. The molecule has 3 atom stereocenters. The van der Waals surface area contributed by atoms with Gasteiger partial charge < -0.3 is 24.3 Å². The summed E-state index contributed by atoms with van der Waals surface area (Å²) in [6.45, 7) is 8.01. The number of benzene rings is 2. The van der Waals surface area contributed by atoms with E-state index in [9.17, 15) is 14.4 Å². The van der Waals surface area contributed by atoms with Crippen LogP contribution in [0.1, 0.15) is 57.1 Å². The largest absolute Gasteiger partial charge is 0.497 e. The lowest BCUT2D eigenvalue weighted by atomic mass is 9.67. The predicted octanol–water partition coefficient (Wildman–Crippen LogP) is 4.81. The Bertz CT molecular complexity index is 1310. The van der Waals surface area contributed by atoms with Crippen molar-refractivity contribution in [3.8, 4) is 11.5 Å². The van der Waals surface area contributed by atoms with Crippen LogP contribution in [0.3, 0.4) is 0 Å². The Kier molecular flexibility index (Phi) is 8.74. The number of hydrogen-bond donors (Lipinski definition) is 1. The van der Waals surface area contributed by atoms with Crippen molar-refractivity contribution in [3.63, 3.8) is 0 Å². The van der Waals surface area contributed by atoms with Crippen molar-refractivity contribution < 1.29 is 33.3 Å². The van der Waals surface area contributed by atoms with Crippen LogP contribution in [0.5, 0.6) is 11.5 Å². The SMILES string of the molecule is CCOC(=O)C1=C(C)NC2=C(C(=O)C(C(=O)OCC)C(c3cccc(OC)c3)C2)C1c1ccc(OCC)cc1. The maximum atomic E-state index is 14.4. The number of dihydropyridines is 1. The quantitative estimate of drug-likeness (QED) is 0.362. The lowest BCUT2D eigenvalue weighted by Crippen LogP contribution is -2.43. The van der Waals surface area contributed by atoms with Gasteiger partial charge in [-0.25, -0.2) is 4.79 Å². The maximum absolute atomic E-state index is 14.4. The highest BCUT2D eigenvalue weighted by Crippen LogP contribution is 2.48. The van der Waals surface area contributed by atoms with Crippen molar-refractivity contribution in [2.45, 2.75) is 46.0 Å². The molecule has 1 aliphatic carbocycles. The van der Waals surface area contributed by atoms with Crippen LogP contribution in [0.25, 0.3) is 0 Å². The third-order valence-corrected chi connectivity index (χ3v) is 7.10. The normalized spacial score (nSPS) is 20.6. The molecule has 3 unspecified atom stereocenters. The van der Waals surface area contributed by atoms with Crippen LogP contribution in [0.4, 0.5) is 0 Å². The molecule has 0 aromatic heterocycles. The number of nitrogens with one attached hydrogen (secondary N) is 1. The highest BCUT2D eigenvalue weighted by atomic mass is 16.5. The second-order valence-corrected chi connectivity index (χ2v) is 9.39. The average molecular weight is 534 g/mol. The molecule has 8 nitrogen and oxygen atoms in total. The molecule has 0 saturated heterocycles. The van der Waals surface area contributed by atoms with Gasteiger partial charge in [-0.3, -0.25) is 9.59 Å². The standard InChI is InChI=1S/C31H35NO7/c1-6-37-21-14-12-19(13-15-21)26-25(30(34)38-7-2)18(4)32-24-17-23(20-10-9-11-22(16-20)36-5)27(29(33)28(24)26)31(35)39-8-3/h9-16,23,26-27,32H,6-8,17H2,1-5H3. The number of allylic oxidation sites excluding steroid dienone is 3. The second kappa shape index (κ2) is 12.2. The first-order valence-corrected chi connectivity index (χ1v) is 13.3. The van der Waals surface area contributed by atoms with Crippen molar-refractivity contribution in [2.75, 3.05) is 26.9 Å². The minimum Gasteiger partial charge on any atom is -0.497 e. The van der Waals surface area contributed by atoms with Gasteiger partial charge in [-0.1, -0.05) is 24.3 Å². The van der Waals surface area contributed by atoms with E-state index in [-0.39, 0.29) is 19.0 Å². The average Bonchev–Trinajstić information content (AvgIpc) is 2.93. The van der Waals surface area contributed by atoms with Crippen LogP contribution in [0, 0.1) is 5.92 Å². The molecule has 1 heterocycles. The van der Waals surface area contributed by atoms with Gasteiger partial charge in [0.05, 0.1) is 32.5 Å². The number of Topliss-reactive ketones (excluding diaryl/α,β-unsaturated/α-hetero) is 1. The number of carbonyl (C=O) groups is 3. The second-order valence-electron chi connectivity index (χ2n) is 9.39. The van der Waals surface area contributed by atoms with E-state index in [1.165, 1.54) is 0 Å². The molecule has 0 bridgehead atoms. The number of ether oxygens (including phenoxy) is 4. The summed E-state index contributed by atoms with van der Waals surface area (Å²) in [6, 6.07) is 14.7. The molecule has 2 aromatic rings. The summed E-state index contributed by atoms with van der Waals surface area (Å²) in [5, 5.41) is 3.32. The lowest BCUT2D eigenvalue weighted by Gasteiger charge is -2.39. The molecular weight excluding hydrogens is 498 g/mol. The fourth-order valence-corrected chi connectivity index (χ4v) is 5.46. The molecule has 1 aliphatic heterocycles. The molecule has 2 aromatic carbocycles. The lowest BCUT2D eigenvalue weighted by molar-refractivity contribution is -0.152. The Hall–Kier alpha value is -4.07. The van der Waals surface area contributed by atoms with Gasteiger partial charge in [-0.2, -0.15) is 0 Å². The van der Waals surface area contributed by atoms with Crippen LogP contribution >= 0.6 is 0 Å². The molecule has 1 N–H and O–H groups in total. The zero-order valence-electron chi connectivity index (χ0n) is 23.0. The molecule has 0 amide bonds. The summed E-state index contributed by atoms with van der Waals surface area (Å²) in [6.07, 6.45) is 0.374. The Labute approximate surface area is 229 Å². The van der Waals surface area contributed by atoms with Crippen molar-refractivity contribution in [2.24, 2.45) is 5.92 Å². The summed E-state index contributed by atoms with van der Waals surface area (Å²) >= 11 is 0. The predicted molar refractivity (Wildman–Crippen MR) is 145 cm³/mol. The summed E-state index contributed by atoms with van der Waals surface area (Å²) in [7, 11) is 1.57. The third kappa shape index (κ3) is 5.55. The summed E-state index contributed by atoms with van der Waals surface area (Å²) in [4.78, 5) is 40.9. The Morgan fingerprint density at radius 2 is 1.64 bits per heavy atom. The number of methoxy groups -OCH3 is 1. The highest BCUT2D eigenvalue weighted by Gasteiger charge is 2.49. The van der Waals surface area contributed by atoms with Gasteiger partial charge in [-0.05, 0) is 69.5 Å². The van der Waals surface area contributed by atoms with Gasteiger partial charge in [0, 0.05) is 28.8 Å². The van der Waals surface area contributed by atoms with Crippen LogP contribution < -0.4 is 14.8 Å². The minimum absolute atomic E-state index is 0.146. The van der Waals surface area contributed by atoms with E-state index in [0.717, 1.165) is 11.1 Å². The van der Waals surface area contributed by atoms with Crippen molar-refractivity contribution >= 4 is 17.7 Å². The number of hydrogen-bond acceptors (Lipinski definition) is 8. The molecule has 8 heteroatoms. The van der Waals surface area contributed by atoms with Gasteiger partial charge in [0.1, 0.15) is 17.4 Å². The Morgan fingerprint density at radius 3 is 2.28 bits per heavy atom. The molecule has 39 heavy (non-hydrogen) atoms.